The fourth-order valence-electron chi connectivity index (χ4n) is 2.73. The van der Waals surface area contributed by atoms with Crippen molar-refractivity contribution in [1.82, 2.24) is 4.90 Å². The number of hydrogen-bond acceptors (Lipinski definition) is 2. The predicted molar refractivity (Wildman–Crippen MR) is 71.7 cm³/mol. The maximum absolute atomic E-state index is 12.2. The van der Waals surface area contributed by atoms with Crippen LogP contribution in [0.3, 0.4) is 0 Å². The molecule has 3 nitrogen and oxygen atoms in total. The molecule has 2 N–H and O–H groups in total. The van der Waals surface area contributed by atoms with Crippen molar-refractivity contribution in [3.05, 3.63) is 0 Å². The van der Waals surface area contributed by atoms with Crippen LogP contribution in [0.2, 0.25) is 0 Å². The molecule has 1 amide bonds. The summed E-state index contributed by atoms with van der Waals surface area (Å²) in [5.74, 6) is 0.169. The molecule has 17 heavy (non-hydrogen) atoms. The minimum Gasteiger partial charge on any atom is -0.341 e. The van der Waals surface area contributed by atoms with Crippen LogP contribution in [0.5, 0.6) is 0 Å². The number of carbonyl (C=O) groups is 1. The standard InChI is InChI=1S/C14H28N2O/c1-4-7-8-12(15)13(17)16-10-9-14(5-2,6-3)11-16/h12H,4-11,15H2,1-3H3/t12-/m0/s1. The van der Waals surface area contributed by atoms with Crippen LogP contribution >= 0.6 is 0 Å². The quantitative estimate of drug-likeness (QED) is 0.775. The summed E-state index contributed by atoms with van der Waals surface area (Å²) in [6.45, 7) is 8.41. The molecular formula is C14H28N2O. The first-order valence-electron chi connectivity index (χ1n) is 7.13. The summed E-state index contributed by atoms with van der Waals surface area (Å²) in [4.78, 5) is 14.2. The number of nitrogens with zero attached hydrogens (tertiary/aromatic N) is 1. The smallest absolute Gasteiger partial charge is 0.239 e. The van der Waals surface area contributed by atoms with Gasteiger partial charge in [0.15, 0.2) is 0 Å². The predicted octanol–water partition coefficient (Wildman–Crippen LogP) is 2.54. The number of unbranched alkanes of at least 4 members (excludes halogenated alkanes) is 1. The molecule has 0 unspecified atom stereocenters. The van der Waals surface area contributed by atoms with Crippen molar-refractivity contribution in [2.45, 2.75) is 65.3 Å². The van der Waals surface area contributed by atoms with Crippen molar-refractivity contribution in [1.29, 1.82) is 0 Å². The number of hydrogen-bond donors (Lipinski definition) is 1. The molecule has 0 aliphatic carbocycles. The van der Waals surface area contributed by atoms with Gasteiger partial charge in [-0.15, -0.1) is 0 Å². The van der Waals surface area contributed by atoms with Gasteiger partial charge in [-0.05, 0) is 31.1 Å². The van der Waals surface area contributed by atoms with Crippen LogP contribution in [-0.2, 0) is 4.79 Å². The number of carbonyl (C=O) groups excluding carboxylic acids is 1. The van der Waals surface area contributed by atoms with Crippen molar-refractivity contribution >= 4 is 5.91 Å². The molecule has 1 aliphatic heterocycles. The fourth-order valence-corrected chi connectivity index (χ4v) is 2.73. The average molecular weight is 240 g/mol. The van der Waals surface area contributed by atoms with Crippen molar-refractivity contribution in [2.75, 3.05) is 13.1 Å². The maximum Gasteiger partial charge on any atom is 0.239 e. The molecule has 0 aromatic rings. The van der Waals surface area contributed by atoms with E-state index in [1.54, 1.807) is 0 Å². The van der Waals surface area contributed by atoms with Crippen LogP contribution in [0.4, 0.5) is 0 Å². The van der Waals surface area contributed by atoms with Gasteiger partial charge >= 0.3 is 0 Å². The lowest BCUT2D eigenvalue weighted by atomic mass is 9.82. The van der Waals surface area contributed by atoms with Crippen LogP contribution in [0.1, 0.15) is 59.3 Å². The van der Waals surface area contributed by atoms with E-state index in [0.717, 1.165) is 51.6 Å². The highest BCUT2D eigenvalue weighted by atomic mass is 16.2. The van der Waals surface area contributed by atoms with Gasteiger partial charge < -0.3 is 10.6 Å². The number of nitrogens with two attached hydrogens (primary N) is 1. The molecule has 100 valence electrons. The molecule has 1 atom stereocenters. The van der Waals surface area contributed by atoms with Gasteiger partial charge in [-0.3, -0.25) is 4.79 Å². The molecule has 0 aromatic heterocycles. The Morgan fingerprint density at radius 1 is 1.35 bits per heavy atom. The van der Waals surface area contributed by atoms with E-state index in [1.165, 1.54) is 0 Å². The molecule has 0 aromatic carbocycles. The molecule has 1 fully saturated rings. The summed E-state index contributed by atoms with van der Waals surface area (Å²) in [5, 5.41) is 0. The van der Waals surface area contributed by atoms with E-state index in [4.69, 9.17) is 5.73 Å². The van der Waals surface area contributed by atoms with E-state index < -0.39 is 0 Å². The molecular weight excluding hydrogens is 212 g/mol. The van der Waals surface area contributed by atoms with E-state index in [1.807, 2.05) is 4.90 Å². The van der Waals surface area contributed by atoms with Crippen LogP contribution in [0.25, 0.3) is 0 Å². The molecule has 3 heteroatoms. The summed E-state index contributed by atoms with van der Waals surface area (Å²) in [6.07, 6.45) is 6.46. The summed E-state index contributed by atoms with van der Waals surface area (Å²) in [5.41, 5.74) is 6.32. The number of amides is 1. The lowest BCUT2D eigenvalue weighted by Gasteiger charge is -2.27. The Balaban J connectivity index is 2.50. The molecule has 1 saturated heterocycles. The van der Waals surface area contributed by atoms with Gasteiger partial charge in [0, 0.05) is 13.1 Å². The first kappa shape index (κ1) is 14.5. The first-order chi connectivity index (χ1) is 8.08. The second-order valence-electron chi connectivity index (χ2n) is 5.47. The highest BCUT2D eigenvalue weighted by Gasteiger charge is 2.37. The van der Waals surface area contributed by atoms with Gasteiger partial charge in [0.1, 0.15) is 0 Å². The number of rotatable bonds is 6. The summed E-state index contributed by atoms with van der Waals surface area (Å²) < 4.78 is 0. The topological polar surface area (TPSA) is 46.3 Å². The summed E-state index contributed by atoms with van der Waals surface area (Å²) in [7, 11) is 0. The molecule has 0 saturated carbocycles. The zero-order valence-electron chi connectivity index (χ0n) is 11.7. The first-order valence-corrected chi connectivity index (χ1v) is 7.13. The second-order valence-corrected chi connectivity index (χ2v) is 5.47. The molecule has 1 aliphatic rings. The molecule has 0 bridgehead atoms. The molecule has 1 heterocycles. The van der Waals surface area contributed by atoms with Crippen molar-refractivity contribution < 1.29 is 4.79 Å². The third-order valence-electron chi connectivity index (χ3n) is 4.44. The summed E-state index contributed by atoms with van der Waals surface area (Å²) in [6, 6.07) is -0.278. The third-order valence-corrected chi connectivity index (χ3v) is 4.44. The molecule has 0 radical (unpaired) electrons. The molecule has 0 spiro atoms. The summed E-state index contributed by atoms with van der Waals surface area (Å²) >= 11 is 0. The van der Waals surface area contributed by atoms with Gasteiger partial charge in [-0.25, -0.2) is 0 Å². The largest absolute Gasteiger partial charge is 0.341 e. The number of likely N-dealkylation sites (tertiary alicyclic amines) is 1. The van der Waals surface area contributed by atoms with Crippen molar-refractivity contribution in [3.8, 4) is 0 Å². The average Bonchev–Trinajstić information content (AvgIpc) is 2.80. The van der Waals surface area contributed by atoms with Gasteiger partial charge in [-0.2, -0.15) is 0 Å². The van der Waals surface area contributed by atoms with Crippen LogP contribution < -0.4 is 5.73 Å². The second kappa shape index (κ2) is 6.39. The fraction of sp³-hybridized carbons (Fsp3) is 0.929. The maximum atomic E-state index is 12.2. The minimum atomic E-state index is -0.278. The zero-order valence-corrected chi connectivity index (χ0v) is 11.7. The monoisotopic (exact) mass is 240 g/mol. The third kappa shape index (κ3) is 3.44. The van der Waals surface area contributed by atoms with E-state index in [0.29, 0.717) is 5.41 Å². The Bertz CT molecular complexity index is 249. The van der Waals surface area contributed by atoms with Gasteiger partial charge in [0.2, 0.25) is 5.91 Å². The Labute approximate surface area is 106 Å². The lowest BCUT2D eigenvalue weighted by molar-refractivity contribution is -0.132. The van der Waals surface area contributed by atoms with Gasteiger partial charge in [0.05, 0.1) is 6.04 Å². The van der Waals surface area contributed by atoms with E-state index >= 15 is 0 Å². The van der Waals surface area contributed by atoms with Crippen LogP contribution in [-0.4, -0.2) is 29.9 Å². The highest BCUT2D eigenvalue weighted by Crippen LogP contribution is 2.37. The van der Waals surface area contributed by atoms with Crippen molar-refractivity contribution in [2.24, 2.45) is 11.1 Å². The van der Waals surface area contributed by atoms with E-state index in [9.17, 15) is 4.79 Å². The van der Waals surface area contributed by atoms with Gasteiger partial charge in [-0.1, -0.05) is 33.6 Å². The molecule has 1 rings (SSSR count). The normalized spacial score (nSPS) is 20.6. The van der Waals surface area contributed by atoms with Crippen molar-refractivity contribution in [3.63, 3.8) is 0 Å². The lowest BCUT2D eigenvalue weighted by Crippen LogP contribution is -2.43. The Kier molecular flexibility index (Phi) is 5.44. The van der Waals surface area contributed by atoms with E-state index in [-0.39, 0.29) is 11.9 Å². The van der Waals surface area contributed by atoms with Gasteiger partial charge in [0.25, 0.3) is 0 Å². The SMILES string of the molecule is CCCC[C@H](N)C(=O)N1CCC(CC)(CC)C1. The Morgan fingerprint density at radius 2 is 2.00 bits per heavy atom. The zero-order chi connectivity index (χ0) is 12.9. The minimum absolute atomic E-state index is 0.169. The van der Waals surface area contributed by atoms with Crippen LogP contribution in [0, 0.1) is 5.41 Å². The van der Waals surface area contributed by atoms with E-state index in [2.05, 4.69) is 20.8 Å². The highest BCUT2D eigenvalue weighted by molar-refractivity contribution is 5.81. The Hall–Kier alpha value is -0.570. The Morgan fingerprint density at radius 3 is 2.47 bits per heavy atom. The van der Waals surface area contributed by atoms with Crippen LogP contribution in [0.15, 0.2) is 0 Å².